The summed E-state index contributed by atoms with van der Waals surface area (Å²) in [4.78, 5) is 19.3. The van der Waals surface area contributed by atoms with Crippen LogP contribution in [-0.2, 0) is 6.54 Å². The van der Waals surface area contributed by atoms with Crippen molar-refractivity contribution in [3.63, 3.8) is 0 Å². The molecule has 8 heteroatoms. The Morgan fingerprint density at radius 1 is 1.07 bits per heavy atom. The average Bonchev–Trinajstić information content (AvgIpc) is 2.68. The first-order valence-corrected chi connectivity index (χ1v) is 8.71. The summed E-state index contributed by atoms with van der Waals surface area (Å²) in [6, 6.07) is 16.7. The lowest BCUT2D eigenvalue weighted by Crippen LogP contribution is -2.12. The van der Waals surface area contributed by atoms with E-state index in [1.807, 2.05) is 49.4 Å². The Bertz CT molecular complexity index is 919. The minimum Gasteiger partial charge on any atom is -0.360 e. The number of benzene rings is 2. The average molecular weight is 384 g/mol. The largest absolute Gasteiger partial charge is 0.360 e. The van der Waals surface area contributed by atoms with Gasteiger partial charge in [0.25, 0.3) is 0 Å². The minimum absolute atomic E-state index is 0.149. The van der Waals surface area contributed by atoms with Crippen LogP contribution < -0.4 is 10.6 Å². The maximum atomic E-state index is 11.6. The number of nitro groups is 1. The third-order valence-electron chi connectivity index (χ3n) is 4.03. The van der Waals surface area contributed by atoms with Crippen LogP contribution in [-0.4, -0.2) is 14.9 Å². The molecular weight excluding hydrogens is 366 g/mol. The molecule has 0 spiro atoms. The molecule has 3 rings (SSSR count). The molecule has 0 aliphatic carbocycles. The number of hydrogen-bond acceptors (Lipinski definition) is 6. The maximum Gasteiger partial charge on any atom is 0.353 e. The fraction of sp³-hybridized carbons (Fsp3) is 0.158. The van der Waals surface area contributed by atoms with Crippen molar-refractivity contribution >= 4 is 28.9 Å². The van der Waals surface area contributed by atoms with E-state index in [9.17, 15) is 10.1 Å². The van der Waals surface area contributed by atoms with Gasteiger partial charge in [0.15, 0.2) is 0 Å². The molecule has 3 aromatic rings. The molecule has 27 heavy (non-hydrogen) atoms. The quantitative estimate of drug-likeness (QED) is 0.448. The fourth-order valence-electron chi connectivity index (χ4n) is 2.60. The van der Waals surface area contributed by atoms with Crippen LogP contribution in [0.1, 0.15) is 24.1 Å². The van der Waals surface area contributed by atoms with Gasteiger partial charge in [0.2, 0.25) is 11.6 Å². The molecule has 2 aromatic carbocycles. The topological polar surface area (TPSA) is 93.0 Å². The summed E-state index contributed by atoms with van der Waals surface area (Å²) < 4.78 is 0. The van der Waals surface area contributed by atoms with E-state index in [2.05, 4.69) is 20.6 Å². The number of nitrogens with one attached hydrogen (secondary N) is 2. The second-order valence-corrected chi connectivity index (χ2v) is 6.37. The first-order valence-electron chi connectivity index (χ1n) is 8.34. The molecule has 1 atom stereocenters. The zero-order valence-corrected chi connectivity index (χ0v) is 15.3. The van der Waals surface area contributed by atoms with E-state index in [-0.39, 0.29) is 23.4 Å². The van der Waals surface area contributed by atoms with E-state index in [0.29, 0.717) is 11.6 Å². The molecule has 2 N–H and O–H groups in total. The van der Waals surface area contributed by atoms with Gasteiger partial charge in [0.05, 0.1) is 11.0 Å². The summed E-state index contributed by atoms with van der Waals surface area (Å²) in [5.74, 6) is 0.331. The van der Waals surface area contributed by atoms with Gasteiger partial charge in [-0.25, -0.2) is 9.97 Å². The molecule has 7 nitrogen and oxygen atoms in total. The van der Waals surface area contributed by atoms with Gasteiger partial charge >= 0.3 is 5.69 Å². The lowest BCUT2D eigenvalue weighted by molar-refractivity contribution is -0.383. The standard InChI is InChI=1S/C19H18ClN5O2/c1-13(15-5-3-2-4-6-15)24-19-17(25(26)27)18(22-12-23-19)21-11-14-7-9-16(20)10-8-14/h2-10,12-13H,11H2,1H3,(H2,21,22,23,24). The molecule has 0 amide bonds. The number of rotatable bonds is 7. The SMILES string of the molecule is CC(Nc1ncnc(NCc2ccc(Cl)cc2)c1[N+](=O)[O-])c1ccccc1. The zero-order chi connectivity index (χ0) is 19.2. The van der Waals surface area contributed by atoms with Gasteiger partial charge in [-0.05, 0) is 30.2 Å². The van der Waals surface area contributed by atoms with E-state index < -0.39 is 4.92 Å². The van der Waals surface area contributed by atoms with Crippen molar-refractivity contribution < 1.29 is 4.92 Å². The van der Waals surface area contributed by atoms with E-state index in [1.54, 1.807) is 12.1 Å². The summed E-state index contributed by atoms with van der Waals surface area (Å²) in [5.41, 5.74) is 1.75. The first kappa shape index (κ1) is 18.6. The Morgan fingerprint density at radius 2 is 1.74 bits per heavy atom. The van der Waals surface area contributed by atoms with Gasteiger partial charge in [0.1, 0.15) is 6.33 Å². The number of hydrogen-bond donors (Lipinski definition) is 2. The normalized spacial score (nSPS) is 11.6. The molecule has 138 valence electrons. The Balaban J connectivity index is 1.81. The summed E-state index contributed by atoms with van der Waals surface area (Å²) in [5, 5.41) is 18.4. The van der Waals surface area contributed by atoms with Crippen LogP contribution >= 0.6 is 11.6 Å². The second kappa shape index (κ2) is 8.46. The maximum absolute atomic E-state index is 11.6. The summed E-state index contributed by atoms with van der Waals surface area (Å²) in [6.07, 6.45) is 1.30. The Hall–Kier alpha value is -3.19. The Kier molecular flexibility index (Phi) is 5.83. The lowest BCUT2D eigenvalue weighted by Gasteiger charge is -2.16. The summed E-state index contributed by atoms with van der Waals surface area (Å²) >= 11 is 5.88. The van der Waals surface area contributed by atoms with Crippen LogP contribution in [0, 0.1) is 10.1 Å². The number of anilines is 2. The molecule has 0 bridgehead atoms. The van der Waals surface area contributed by atoms with E-state index in [0.717, 1.165) is 11.1 Å². The van der Waals surface area contributed by atoms with Crippen LogP contribution in [0.15, 0.2) is 60.9 Å². The van der Waals surface area contributed by atoms with Crippen LogP contribution in [0.5, 0.6) is 0 Å². The molecule has 0 saturated carbocycles. The van der Waals surface area contributed by atoms with E-state index in [1.165, 1.54) is 6.33 Å². The van der Waals surface area contributed by atoms with Crippen molar-refractivity contribution in [2.24, 2.45) is 0 Å². The highest BCUT2D eigenvalue weighted by molar-refractivity contribution is 6.30. The summed E-state index contributed by atoms with van der Waals surface area (Å²) in [7, 11) is 0. The summed E-state index contributed by atoms with van der Waals surface area (Å²) in [6.45, 7) is 2.30. The minimum atomic E-state index is -0.482. The molecule has 1 heterocycles. The monoisotopic (exact) mass is 383 g/mol. The molecule has 0 fully saturated rings. The number of halogens is 1. The van der Waals surface area contributed by atoms with Crippen LogP contribution in [0.25, 0.3) is 0 Å². The third-order valence-corrected chi connectivity index (χ3v) is 4.28. The number of nitrogens with zero attached hydrogens (tertiary/aromatic N) is 3. The van der Waals surface area contributed by atoms with Crippen LogP contribution in [0.2, 0.25) is 5.02 Å². The molecular formula is C19H18ClN5O2. The Morgan fingerprint density at radius 3 is 2.41 bits per heavy atom. The highest BCUT2D eigenvalue weighted by Gasteiger charge is 2.24. The second-order valence-electron chi connectivity index (χ2n) is 5.93. The zero-order valence-electron chi connectivity index (χ0n) is 14.6. The smallest absolute Gasteiger partial charge is 0.353 e. The van der Waals surface area contributed by atoms with Crippen molar-refractivity contribution in [1.82, 2.24) is 9.97 Å². The van der Waals surface area contributed by atoms with Gasteiger partial charge in [-0.1, -0.05) is 54.1 Å². The predicted molar refractivity (Wildman–Crippen MR) is 106 cm³/mol. The van der Waals surface area contributed by atoms with Gasteiger partial charge in [-0.3, -0.25) is 10.1 Å². The lowest BCUT2D eigenvalue weighted by atomic mass is 10.1. The van der Waals surface area contributed by atoms with E-state index >= 15 is 0 Å². The first-order chi connectivity index (χ1) is 13.0. The molecule has 0 aliphatic heterocycles. The van der Waals surface area contributed by atoms with Gasteiger partial charge in [0, 0.05) is 11.6 Å². The van der Waals surface area contributed by atoms with Crippen molar-refractivity contribution in [1.29, 1.82) is 0 Å². The predicted octanol–water partition coefficient (Wildman–Crippen LogP) is 4.82. The van der Waals surface area contributed by atoms with Crippen LogP contribution in [0.3, 0.4) is 0 Å². The molecule has 1 aromatic heterocycles. The fourth-order valence-corrected chi connectivity index (χ4v) is 2.73. The van der Waals surface area contributed by atoms with Crippen molar-refractivity contribution in [3.8, 4) is 0 Å². The van der Waals surface area contributed by atoms with E-state index in [4.69, 9.17) is 11.6 Å². The van der Waals surface area contributed by atoms with Crippen LogP contribution in [0.4, 0.5) is 17.3 Å². The van der Waals surface area contributed by atoms with Gasteiger partial charge < -0.3 is 10.6 Å². The van der Waals surface area contributed by atoms with Crippen molar-refractivity contribution in [2.45, 2.75) is 19.5 Å². The molecule has 0 aliphatic rings. The third kappa shape index (κ3) is 4.71. The number of aromatic nitrogens is 2. The molecule has 0 saturated heterocycles. The molecule has 1 unspecified atom stereocenters. The van der Waals surface area contributed by atoms with Gasteiger partial charge in [-0.15, -0.1) is 0 Å². The molecule has 0 radical (unpaired) electrons. The van der Waals surface area contributed by atoms with Gasteiger partial charge in [-0.2, -0.15) is 0 Å². The highest BCUT2D eigenvalue weighted by atomic mass is 35.5. The highest BCUT2D eigenvalue weighted by Crippen LogP contribution is 2.31. The van der Waals surface area contributed by atoms with Crippen molar-refractivity contribution in [2.75, 3.05) is 10.6 Å². The van der Waals surface area contributed by atoms with Crippen molar-refractivity contribution in [3.05, 3.63) is 87.2 Å². The Labute approximate surface area is 161 Å².